The monoisotopic (exact) mass is 489 g/mol. The average Bonchev–Trinajstić information content (AvgIpc) is 3.41. The first-order chi connectivity index (χ1) is 16.8. The fourth-order valence-corrected chi connectivity index (χ4v) is 5.63. The zero-order chi connectivity index (χ0) is 24.6. The van der Waals surface area contributed by atoms with Crippen molar-refractivity contribution in [1.29, 1.82) is 0 Å². The molecule has 2 heterocycles. The molecule has 6 nitrogen and oxygen atoms in total. The summed E-state index contributed by atoms with van der Waals surface area (Å²) in [5, 5.41) is -0.262. The third kappa shape index (κ3) is 2.79. The first-order valence-electron chi connectivity index (χ1n) is 11.0. The second kappa shape index (κ2) is 7.41. The molecule has 35 heavy (non-hydrogen) atoms. The van der Waals surface area contributed by atoms with Gasteiger partial charge in [-0.3, -0.25) is 19.2 Å². The van der Waals surface area contributed by atoms with Crippen molar-refractivity contribution in [2.75, 3.05) is 4.90 Å². The molecule has 3 aliphatic rings. The highest BCUT2D eigenvalue weighted by Crippen LogP contribution is 2.57. The predicted molar refractivity (Wildman–Crippen MR) is 124 cm³/mol. The van der Waals surface area contributed by atoms with E-state index in [2.05, 4.69) is 0 Å². The first-order valence-corrected chi connectivity index (χ1v) is 11.4. The predicted octanol–water partition coefficient (Wildman–Crippen LogP) is 4.48. The minimum atomic E-state index is -2.16. The van der Waals surface area contributed by atoms with Gasteiger partial charge in [0, 0.05) is 11.1 Å². The lowest BCUT2D eigenvalue weighted by Gasteiger charge is -2.27. The van der Waals surface area contributed by atoms with E-state index >= 15 is 0 Å². The van der Waals surface area contributed by atoms with Crippen LogP contribution < -0.4 is 4.90 Å². The molecule has 6 rings (SSSR count). The lowest BCUT2D eigenvalue weighted by molar-refractivity contribution is -0.127. The normalized spacial score (nSPS) is 24.4. The molecule has 3 aromatic carbocycles. The topological polar surface area (TPSA) is 80.8 Å². The SMILES string of the molecule is Cc1ccc(C2OC3(C(=O)c4ccccc4C3=O)C3C(=O)N(c4ccc(F)c(Cl)c4)C(=O)C23)cc1. The molecule has 0 aromatic heterocycles. The van der Waals surface area contributed by atoms with Gasteiger partial charge in [0.2, 0.25) is 29.0 Å². The zero-order valence-electron chi connectivity index (χ0n) is 18.3. The summed E-state index contributed by atoms with van der Waals surface area (Å²) in [6, 6.07) is 16.9. The summed E-state index contributed by atoms with van der Waals surface area (Å²) >= 11 is 5.92. The lowest BCUT2D eigenvalue weighted by atomic mass is 9.77. The van der Waals surface area contributed by atoms with Crippen molar-refractivity contribution < 1.29 is 28.3 Å². The van der Waals surface area contributed by atoms with Crippen LogP contribution in [0.25, 0.3) is 0 Å². The first kappa shape index (κ1) is 21.8. The van der Waals surface area contributed by atoms with Gasteiger partial charge >= 0.3 is 0 Å². The van der Waals surface area contributed by atoms with Crippen LogP contribution in [-0.4, -0.2) is 29.0 Å². The number of anilines is 1. The summed E-state index contributed by atoms with van der Waals surface area (Å²) < 4.78 is 20.0. The number of hydrogen-bond acceptors (Lipinski definition) is 5. The van der Waals surface area contributed by atoms with Gasteiger partial charge in [-0.25, -0.2) is 9.29 Å². The zero-order valence-corrected chi connectivity index (χ0v) is 19.1. The number of aryl methyl sites for hydroxylation is 1. The van der Waals surface area contributed by atoms with Crippen molar-refractivity contribution in [3.05, 3.63) is 99.8 Å². The molecule has 174 valence electrons. The second-order valence-electron chi connectivity index (χ2n) is 9.00. The number of fused-ring (bicyclic) bond motifs is 3. The van der Waals surface area contributed by atoms with Crippen LogP contribution in [0.1, 0.15) is 37.9 Å². The van der Waals surface area contributed by atoms with Crippen LogP contribution in [0.5, 0.6) is 0 Å². The highest BCUT2D eigenvalue weighted by molar-refractivity contribution is 6.37. The van der Waals surface area contributed by atoms with E-state index in [1.165, 1.54) is 24.3 Å². The molecule has 1 spiro atoms. The van der Waals surface area contributed by atoms with Gasteiger partial charge in [0.1, 0.15) is 5.82 Å². The van der Waals surface area contributed by atoms with Gasteiger partial charge in [-0.1, -0.05) is 65.7 Å². The number of rotatable bonds is 2. The molecular weight excluding hydrogens is 473 g/mol. The molecule has 0 radical (unpaired) electrons. The third-order valence-corrected chi connectivity index (χ3v) is 7.38. The Morgan fingerprint density at radius 1 is 0.886 bits per heavy atom. The molecule has 2 amide bonds. The van der Waals surface area contributed by atoms with Crippen LogP contribution in [-0.2, 0) is 14.3 Å². The molecule has 2 aliphatic heterocycles. The number of ketones is 2. The van der Waals surface area contributed by atoms with E-state index in [1.54, 1.807) is 24.3 Å². The number of imide groups is 1. The van der Waals surface area contributed by atoms with Gasteiger partial charge in [0.05, 0.1) is 28.6 Å². The third-order valence-electron chi connectivity index (χ3n) is 7.09. The molecule has 2 saturated heterocycles. The Labute approximate surface area is 204 Å². The number of carbonyl (C=O) groups is 4. The summed E-state index contributed by atoms with van der Waals surface area (Å²) in [5.74, 6) is -5.88. The van der Waals surface area contributed by atoms with Crippen molar-refractivity contribution in [1.82, 2.24) is 0 Å². The lowest BCUT2D eigenvalue weighted by Crippen LogP contribution is -2.51. The van der Waals surface area contributed by atoms with Crippen LogP contribution in [0.2, 0.25) is 5.02 Å². The minimum Gasteiger partial charge on any atom is -0.349 e. The summed E-state index contributed by atoms with van der Waals surface area (Å²) in [6.07, 6.45) is -1.01. The van der Waals surface area contributed by atoms with Gasteiger partial charge in [0.15, 0.2) is 0 Å². The number of ether oxygens (including phenoxy) is 1. The van der Waals surface area contributed by atoms with Gasteiger partial charge in [-0.05, 0) is 30.7 Å². The molecule has 0 saturated carbocycles. The van der Waals surface area contributed by atoms with Crippen LogP contribution in [0.15, 0.2) is 66.7 Å². The van der Waals surface area contributed by atoms with Crippen molar-refractivity contribution in [2.45, 2.75) is 18.6 Å². The molecule has 0 N–H and O–H groups in total. The van der Waals surface area contributed by atoms with Crippen molar-refractivity contribution >= 4 is 40.7 Å². The van der Waals surface area contributed by atoms with Gasteiger partial charge < -0.3 is 4.74 Å². The molecule has 3 atom stereocenters. The fourth-order valence-electron chi connectivity index (χ4n) is 5.45. The van der Waals surface area contributed by atoms with E-state index in [9.17, 15) is 23.6 Å². The highest BCUT2D eigenvalue weighted by atomic mass is 35.5. The number of carbonyl (C=O) groups excluding carboxylic acids is 4. The Kier molecular flexibility index (Phi) is 4.62. The van der Waals surface area contributed by atoms with Crippen molar-refractivity contribution in [3.63, 3.8) is 0 Å². The molecular formula is C27H17ClFNO5. The van der Waals surface area contributed by atoms with Crippen molar-refractivity contribution in [3.8, 4) is 0 Å². The van der Waals surface area contributed by atoms with Crippen LogP contribution in [0.4, 0.5) is 10.1 Å². The Morgan fingerprint density at radius 2 is 1.51 bits per heavy atom. The molecule has 2 fully saturated rings. The van der Waals surface area contributed by atoms with Gasteiger partial charge in [-0.2, -0.15) is 0 Å². The van der Waals surface area contributed by atoms with E-state index in [0.29, 0.717) is 5.56 Å². The largest absolute Gasteiger partial charge is 0.349 e. The second-order valence-corrected chi connectivity index (χ2v) is 9.41. The molecule has 1 aliphatic carbocycles. The van der Waals surface area contributed by atoms with Gasteiger partial charge in [0.25, 0.3) is 0 Å². The van der Waals surface area contributed by atoms with E-state index in [4.69, 9.17) is 16.3 Å². The maximum atomic E-state index is 13.8. The minimum absolute atomic E-state index is 0.0639. The number of halogens is 2. The quantitative estimate of drug-likeness (QED) is 0.391. The fraction of sp³-hybridized carbons (Fsp3) is 0.185. The number of amides is 2. The van der Waals surface area contributed by atoms with Crippen LogP contribution in [0.3, 0.4) is 0 Å². The van der Waals surface area contributed by atoms with E-state index in [0.717, 1.165) is 16.5 Å². The molecule has 8 heteroatoms. The summed E-state index contributed by atoms with van der Waals surface area (Å²) in [7, 11) is 0. The highest BCUT2D eigenvalue weighted by Gasteiger charge is 2.74. The standard InChI is InChI=1S/C27H17ClFNO5/c1-13-6-8-14(9-7-13)22-20-21(26(34)30(25(20)33)15-10-11-19(29)18(28)12-15)27(35-22)23(31)16-4-2-3-5-17(16)24(27)32/h2-12,20-22H,1H3. The smallest absolute Gasteiger partial charge is 0.241 e. The maximum absolute atomic E-state index is 13.8. The maximum Gasteiger partial charge on any atom is 0.241 e. The summed E-state index contributed by atoms with van der Waals surface area (Å²) in [5.41, 5.74) is -0.244. The molecule has 3 aromatic rings. The van der Waals surface area contributed by atoms with Gasteiger partial charge in [-0.15, -0.1) is 0 Å². The molecule has 3 unspecified atom stereocenters. The van der Waals surface area contributed by atoms with E-state index in [1.807, 2.05) is 19.1 Å². The Bertz CT molecular complexity index is 1430. The molecule has 0 bridgehead atoms. The summed E-state index contributed by atoms with van der Waals surface area (Å²) in [6.45, 7) is 1.90. The Balaban J connectivity index is 1.54. The van der Waals surface area contributed by atoms with Crippen molar-refractivity contribution in [2.24, 2.45) is 11.8 Å². The van der Waals surface area contributed by atoms with E-state index in [-0.39, 0.29) is 21.8 Å². The van der Waals surface area contributed by atoms with E-state index < -0.39 is 52.7 Å². The van der Waals surface area contributed by atoms with Crippen LogP contribution >= 0.6 is 11.6 Å². The Hall–Kier alpha value is -3.68. The number of nitrogens with zero attached hydrogens (tertiary/aromatic N) is 1. The summed E-state index contributed by atoms with van der Waals surface area (Å²) in [4.78, 5) is 55.8. The number of Topliss-reactive ketones (excluding diaryl/α,β-unsaturated/α-hetero) is 2. The Morgan fingerprint density at radius 3 is 2.11 bits per heavy atom. The number of hydrogen-bond donors (Lipinski definition) is 0. The average molecular weight is 490 g/mol. The van der Waals surface area contributed by atoms with Crippen LogP contribution in [0, 0.1) is 24.6 Å². The number of benzene rings is 3.